The summed E-state index contributed by atoms with van der Waals surface area (Å²) in [4.78, 5) is 12.2. The summed E-state index contributed by atoms with van der Waals surface area (Å²) in [5, 5.41) is 0.684. The van der Waals surface area contributed by atoms with E-state index >= 15 is 0 Å². The average Bonchev–Trinajstić information content (AvgIpc) is 2.20. The first kappa shape index (κ1) is 12.6. The zero-order valence-electron chi connectivity index (χ0n) is 9.05. The molecule has 0 saturated heterocycles. The van der Waals surface area contributed by atoms with Crippen LogP contribution in [0.15, 0.2) is 23.1 Å². The molecule has 0 amide bonds. The van der Waals surface area contributed by atoms with Gasteiger partial charge in [-0.25, -0.2) is 0 Å². The van der Waals surface area contributed by atoms with Crippen molar-refractivity contribution in [3.05, 3.63) is 28.8 Å². The minimum absolute atomic E-state index is 0.0574. The van der Waals surface area contributed by atoms with Crippen LogP contribution in [-0.2, 0) is 0 Å². The molecule has 0 aliphatic heterocycles. The highest BCUT2D eigenvalue weighted by atomic mass is 35.5. The van der Waals surface area contributed by atoms with Gasteiger partial charge in [0.05, 0.1) is 5.02 Å². The lowest BCUT2D eigenvalue weighted by Gasteiger charge is -2.04. The molecule has 0 heterocycles. The third kappa shape index (κ3) is 3.88. The molecule has 1 aromatic rings. The minimum atomic E-state index is 0.0574. The van der Waals surface area contributed by atoms with Crippen LogP contribution in [-0.4, -0.2) is 11.5 Å². The molecule has 1 rings (SSSR count). The first-order valence-electron chi connectivity index (χ1n) is 5.08. The number of carbonyl (C=O) groups excluding carboxylic acids is 1. The van der Waals surface area contributed by atoms with Crippen LogP contribution < -0.4 is 0 Å². The summed E-state index contributed by atoms with van der Waals surface area (Å²) in [5.41, 5.74) is 0.680. The van der Waals surface area contributed by atoms with Gasteiger partial charge in [0, 0.05) is 10.5 Å². The Hall–Kier alpha value is -0.470. The molecular weight excluding hydrogens is 228 g/mol. The number of hydrogen-bond donors (Lipinski definition) is 0. The standard InChI is InChI=1S/C12H15ClOS/c1-3-4-7-15-12-6-5-10(9(2)14)8-11(12)13/h5-6,8H,3-4,7H2,1-2H3. The molecule has 0 unspecified atom stereocenters. The van der Waals surface area contributed by atoms with Crippen molar-refractivity contribution in [1.29, 1.82) is 0 Å². The van der Waals surface area contributed by atoms with Crippen LogP contribution in [0, 0.1) is 0 Å². The number of unbranched alkanes of at least 4 members (excludes halogenated alkanes) is 1. The highest BCUT2D eigenvalue weighted by Crippen LogP contribution is 2.28. The van der Waals surface area contributed by atoms with Crippen molar-refractivity contribution < 1.29 is 4.79 Å². The summed E-state index contributed by atoms with van der Waals surface area (Å²) in [7, 11) is 0. The predicted molar refractivity (Wildman–Crippen MR) is 67.1 cm³/mol. The Bertz CT molecular complexity index is 349. The molecule has 1 aromatic carbocycles. The van der Waals surface area contributed by atoms with Crippen LogP contribution in [0.1, 0.15) is 37.0 Å². The van der Waals surface area contributed by atoms with Crippen molar-refractivity contribution in [2.45, 2.75) is 31.6 Å². The van der Waals surface area contributed by atoms with Gasteiger partial charge >= 0.3 is 0 Å². The lowest BCUT2D eigenvalue weighted by Crippen LogP contribution is -1.91. The molecule has 0 bridgehead atoms. The molecule has 0 aliphatic carbocycles. The smallest absolute Gasteiger partial charge is 0.159 e. The second kappa shape index (κ2) is 6.19. The maximum Gasteiger partial charge on any atom is 0.159 e. The van der Waals surface area contributed by atoms with Gasteiger partial charge in [0.15, 0.2) is 5.78 Å². The summed E-state index contributed by atoms with van der Waals surface area (Å²) < 4.78 is 0. The van der Waals surface area contributed by atoms with Crippen molar-refractivity contribution in [3.8, 4) is 0 Å². The first-order chi connectivity index (χ1) is 7.15. The normalized spacial score (nSPS) is 10.3. The van der Waals surface area contributed by atoms with Crippen LogP contribution in [0.2, 0.25) is 5.02 Å². The van der Waals surface area contributed by atoms with E-state index in [-0.39, 0.29) is 5.78 Å². The topological polar surface area (TPSA) is 17.1 Å². The van der Waals surface area contributed by atoms with E-state index in [0.717, 1.165) is 10.6 Å². The Labute approximate surface area is 100 Å². The molecule has 0 saturated carbocycles. The third-order valence-corrected chi connectivity index (χ3v) is 3.68. The SMILES string of the molecule is CCCCSc1ccc(C(C)=O)cc1Cl. The maximum atomic E-state index is 11.1. The second-order valence-electron chi connectivity index (χ2n) is 3.40. The van der Waals surface area contributed by atoms with Crippen molar-refractivity contribution in [1.82, 2.24) is 0 Å². The van der Waals surface area contributed by atoms with Crippen molar-refractivity contribution in [2.24, 2.45) is 0 Å². The lowest BCUT2D eigenvalue weighted by atomic mass is 10.1. The quantitative estimate of drug-likeness (QED) is 0.432. The van der Waals surface area contributed by atoms with Crippen molar-refractivity contribution in [2.75, 3.05) is 5.75 Å². The molecule has 0 fully saturated rings. The number of benzene rings is 1. The molecule has 3 heteroatoms. The molecule has 0 aromatic heterocycles. The number of hydrogen-bond acceptors (Lipinski definition) is 2. The Morgan fingerprint density at radius 2 is 2.20 bits per heavy atom. The number of Topliss-reactive ketones (excluding diaryl/α,β-unsaturated/α-hetero) is 1. The molecule has 1 nitrogen and oxygen atoms in total. The van der Waals surface area contributed by atoms with Crippen LogP contribution in [0.25, 0.3) is 0 Å². The van der Waals surface area contributed by atoms with E-state index in [2.05, 4.69) is 6.92 Å². The summed E-state index contributed by atoms with van der Waals surface area (Å²) in [6.45, 7) is 3.72. The summed E-state index contributed by atoms with van der Waals surface area (Å²) >= 11 is 7.83. The number of thioether (sulfide) groups is 1. The fourth-order valence-corrected chi connectivity index (χ4v) is 2.52. The molecule has 15 heavy (non-hydrogen) atoms. The van der Waals surface area contributed by atoms with Crippen LogP contribution in [0.4, 0.5) is 0 Å². The first-order valence-corrected chi connectivity index (χ1v) is 6.44. The van der Waals surface area contributed by atoms with Gasteiger partial charge in [0.25, 0.3) is 0 Å². The van der Waals surface area contributed by atoms with Gasteiger partial charge in [0.1, 0.15) is 0 Å². The van der Waals surface area contributed by atoms with E-state index in [0.29, 0.717) is 10.6 Å². The predicted octanol–water partition coefficient (Wildman–Crippen LogP) is 4.43. The number of halogens is 1. The van der Waals surface area contributed by atoms with E-state index in [1.54, 1.807) is 24.8 Å². The van der Waals surface area contributed by atoms with Gasteiger partial charge in [-0.1, -0.05) is 31.0 Å². The maximum absolute atomic E-state index is 11.1. The Balaban J connectivity index is 2.70. The number of carbonyl (C=O) groups is 1. The highest BCUT2D eigenvalue weighted by Gasteiger charge is 2.04. The fraction of sp³-hybridized carbons (Fsp3) is 0.417. The number of rotatable bonds is 5. The van der Waals surface area contributed by atoms with Crippen LogP contribution >= 0.6 is 23.4 Å². The largest absolute Gasteiger partial charge is 0.295 e. The van der Waals surface area contributed by atoms with Crippen molar-refractivity contribution >= 4 is 29.1 Å². The molecule has 0 N–H and O–H groups in total. The Morgan fingerprint density at radius 3 is 2.73 bits per heavy atom. The summed E-state index contributed by atoms with van der Waals surface area (Å²) in [6, 6.07) is 5.51. The van der Waals surface area contributed by atoms with Crippen LogP contribution in [0.3, 0.4) is 0 Å². The zero-order valence-corrected chi connectivity index (χ0v) is 10.6. The van der Waals surface area contributed by atoms with Gasteiger partial charge in [-0.2, -0.15) is 0 Å². The van der Waals surface area contributed by atoms with Gasteiger partial charge in [0.2, 0.25) is 0 Å². The molecule has 0 aliphatic rings. The minimum Gasteiger partial charge on any atom is -0.295 e. The second-order valence-corrected chi connectivity index (χ2v) is 4.95. The molecule has 0 atom stereocenters. The van der Waals surface area contributed by atoms with Gasteiger partial charge in [-0.05, 0) is 31.2 Å². The molecule has 0 radical (unpaired) electrons. The van der Waals surface area contributed by atoms with Gasteiger partial charge < -0.3 is 0 Å². The van der Waals surface area contributed by atoms with Crippen molar-refractivity contribution in [3.63, 3.8) is 0 Å². The molecular formula is C12H15ClOS. The van der Waals surface area contributed by atoms with E-state index in [4.69, 9.17) is 11.6 Å². The number of ketones is 1. The zero-order chi connectivity index (χ0) is 11.3. The summed E-state index contributed by atoms with van der Waals surface area (Å²) in [6.07, 6.45) is 2.38. The highest BCUT2D eigenvalue weighted by molar-refractivity contribution is 7.99. The summed E-state index contributed by atoms with van der Waals surface area (Å²) in [5.74, 6) is 1.14. The monoisotopic (exact) mass is 242 g/mol. The Morgan fingerprint density at radius 1 is 1.47 bits per heavy atom. The third-order valence-electron chi connectivity index (χ3n) is 2.09. The van der Waals surface area contributed by atoms with Crippen LogP contribution in [0.5, 0.6) is 0 Å². The molecule has 0 spiro atoms. The van der Waals surface area contributed by atoms with Gasteiger partial charge in [-0.15, -0.1) is 11.8 Å². The van der Waals surface area contributed by atoms with E-state index in [1.165, 1.54) is 12.8 Å². The lowest BCUT2D eigenvalue weighted by molar-refractivity contribution is 0.101. The van der Waals surface area contributed by atoms with E-state index < -0.39 is 0 Å². The molecule has 82 valence electrons. The van der Waals surface area contributed by atoms with Gasteiger partial charge in [-0.3, -0.25) is 4.79 Å². The Kier molecular flexibility index (Phi) is 5.20. The van der Waals surface area contributed by atoms with E-state index in [9.17, 15) is 4.79 Å². The van der Waals surface area contributed by atoms with E-state index in [1.807, 2.05) is 12.1 Å². The fourth-order valence-electron chi connectivity index (χ4n) is 1.16. The average molecular weight is 243 g/mol.